The zero-order chi connectivity index (χ0) is 31.4. The van der Waals surface area contributed by atoms with Crippen molar-refractivity contribution in [2.24, 2.45) is 0 Å². The molecule has 0 aliphatic carbocycles. The number of aliphatic hydroxyl groups is 2. The van der Waals surface area contributed by atoms with Crippen molar-refractivity contribution in [3.8, 4) is 0 Å². The molecule has 6 N–H and O–H groups in total. The lowest BCUT2D eigenvalue weighted by Gasteiger charge is -2.35. The van der Waals surface area contributed by atoms with Gasteiger partial charge in [-0.05, 0) is 22.3 Å². The van der Waals surface area contributed by atoms with E-state index in [1.54, 1.807) is 60.7 Å². The summed E-state index contributed by atoms with van der Waals surface area (Å²) < 4.78 is 0. The Morgan fingerprint density at radius 2 is 0.929 bits per heavy atom. The van der Waals surface area contributed by atoms with E-state index in [2.05, 4.69) is 13.2 Å². The van der Waals surface area contributed by atoms with E-state index in [0.29, 0.717) is 11.1 Å². The molecule has 4 atom stereocenters. The Morgan fingerprint density at radius 1 is 0.619 bits per heavy atom. The Hall–Kier alpha value is -4.36. The van der Waals surface area contributed by atoms with Crippen molar-refractivity contribution in [3.05, 3.63) is 83.9 Å². The van der Waals surface area contributed by atoms with Gasteiger partial charge < -0.3 is 30.6 Å². The lowest BCUT2D eigenvalue weighted by atomic mass is 10.0. The number of hydrogen-bond donors (Lipinski definition) is 6. The minimum absolute atomic E-state index is 0.266. The van der Waals surface area contributed by atoms with Gasteiger partial charge in [-0.15, -0.1) is 0 Å². The molecule has 226 valence electrons. The second-order valence-corrected chi connectivity index (χ2v) is 9.67. The normalized spacial score (nSPS) is 14.1. The Labute approximate surface area is 243 Å². The highest BCUT2D eigenvalue weighted by Crippen LogP contribution is 2.21. The molecule has 0 spiro atoms. The number of rotatable bonds is 19. The molecule has 12 heteroatoms. The fourth-order valence-electron chi connectivity index (χ4n) is 4.45. The molecular formula is C30H36N2O10. The standard InChI is InChI=1S/C30H36N2O10/c1-3-19-5-9-21(10-6-19)25(33)17-31(23(29(39)40)15-27(35)36)13-14-32(24(30(41)42)16-28(37)38)18-26(34)22-11-7-20(4-2)8-12-22/h3-12,23-26,33-34H,1-2,13-18H2,(H,35,36)(H,37,38)(H,39,40)(H,41,42). The Kier molecular flexibility index (Phi) is 13.0. The van der Waals surface area contributed by atoms with E-state index >= 15 is 0 Å². The first-order valence-electron chi connectivity index (χ1n) is 13.0. The first kappa shape index (κ1) is 33.8. The SMILES string of the molecule is C=Cc1ccc(C(O)CN(CCN(CC(O)c2ccc(C=C)cc2)C(CC(=O)O)C(=O)O)C(CC(=O)O)C(=O)O)cc1. The maximum Gasteiger partial charge on any atom is 0.321 e. The van der Waals surface area contributed by atoms with Crippen molar-refractivity contribution in [2.45, 2.75) is 37.1 Å². The van der Waals surface area contributed by atoms with E-state index in [-0.39, 0.29) is 26.2 Å². The maximum absolute atomic E-state index is 12.1. The minimum Gasteiger partial charge on any atom is -0.481 e. The molecule has 0 aliphatic heterocycles. The van der Waals surface area contributed by atoms with Crippen LogP contribution in [0.1, 0.15) is 47.3 Å². The molecule has 0 aliphatic rings. The number of carbonyl (C=O) groups is 4. The van der Waals surface area contributed by atoms with E-state index in [1.165, 1.54) is 9.80 Å². The summed E-state index contributed by atoms with van der Waals surface area (Å²) in [6.45, 7) is 6.14. The van der Waals surface area contributed by atoms with Crippen molar-refractivity contribution in [3.63, 3.8) is 0 Å². The van der Waals surface area contributed by atoms with Crippen LogP contribution < -0.4 is 0 Å². The van der Waals surface area contributed by atoms with Crippen molar-refractivity contribution in [2.75, 3.05) is 26.2 Å². The van der Waals surface area contributed by atoms with Crippen molar-refractivity contribution >= 4 is 36.0 Å². The van der Waals surface area contributed by atoms with E-state index < -0.39 is 61.0 Å². The van der Waals surface area contributed by atoms with Gasteiger partial charge in [-0.3, -0.25) is 29.0 Å². The second-order valence-electron chi connectivity index (χ2n) is 9.67. The first-order valence-corrected chi connectivity index (χ1v) is 13.0. The van der Waals surface area contributed by atoms with E-state index in [0.717, 1.165) is 11.1 Å². The molecule has 4 unspecified atom stereocenters. The number of aliphatic carboxylic acids is 4. The molecule has 0 saturated carbocycles. The van der Waals surface area contributed by atoms with Gasteiger partial charge in [0.05, 0.1) is 25.0 Å². The number of carboxylic acid groups (broad SMARTS) is 4. The van der Waals surface area contributed by atoms with Crippen LogP contribution in [-0.2, 0) is 19.2 Å². The molecule has 0 bridgehead atoms. The number of aliphatic hydroxyl groups excluding tert-OH is 2. The average Bonchev–Trinajstić information content (AvgIpc) is 2.95. The molecule has 0 fully saturated rings. The van der Waals surface area contributed by atoms with E-state index in [4.69, 9.17) is 0 Å². The molecule has 2 aromatic carbocycles. The van der Waals surface area contributed by atoms with E-state index in [9.17, 15) is 49.8 Å². The Morgan fingerprint density at radius 3 is 1.17 bits per heavy atom. The third kappa shape index (κ3) is 10.2. The van der Waals surface area contributed by atoms with Crippen molar-refractivity contribution in [1.82, 2.24) is 9.80 Å². The average molecular weight is 585 g/mol. The highest BCUT2D eigenvalue weighted by atomic mass is 16.4. The predicted molar refractivity (Wildman–Crippen MR) is 153 cm³/mol. The number of hydrogen-bond acceptors (Lipinski definition) is 8. The van der Waals surface area contributed by atoms with Crippen LogP contribution in [-0.4, -0.2) is 103 Å². The first-order chi connectivity index (χ1) is 19.9. The summed E-state index contributed by atoms with van der Waals surface area (Å²) >= 11 is 0. The Balaban J connectivity index is 2.39. The third-order valence-corrected chi connectivity index (χ3v) is 6.79. The largest absolute Gasteiger partial charge is 0.481 e. The fraction of sp³-hybridized carbons (Fsp3) is 0.333. The molecule has 2 rings (SSSR count). The summed E-state index contributed by atoms with van der Waals surface area (Å²) in [7, 11) is 0. The highest BCUT2D eigenvalue weighted by Gasteiger charge is 2.34. The maximum atomic E-state index is 12.1. The summed E-state index contributed by atoms with van der Waals surface area (Å²) in [5.74, 6) is -5.75. The van der Waals surface area contributed by atoms with Crippen molar-refractivity contribution < 1.29 is 49.8 Å². The minimum atomic E-state index is -1.59. The van der Waals surface area contributed by atoms with Gasteiger partial charge in [0.25, 0.3) is 0 Å². The highest BCUT2D eigenvalue weighted by molar-refractivity contribution is 5.81. The fourth-order valence-corrected chi connectivity index (χ4v) is 4.45. The van der Waals surface area contributed by atoms with Crippen LogP contribution in [0.25, 0.3) is 12.2 Å². The number of nitrogens with zero attached hydrogens (tertiary/aromatic N) is 2. The van der Waals surface area contributed by atoms with Crippen LogP contribution in [0.5, 0.6) is 0 Å². The van der Waals surface area contributed by atoms with Gasteiger partial charge >= 0.3 is 23.9 Å². The molecule has 12 nitrogen and oxygen atoms in total. The van der Waals surface area contributed by atoms with Crippen LogP contribution in [0, 0.1) is 0 Å². The predicted octanol–water partition coefficient (Wildman–Crippen LogP) is 2.20. The van der Waals surface area contributed by atoms with Gasteiger partial charge in [0, 0.05) is 26.2 Å². The number of benzene rings is 2. The zero-order valence-corrected chi connectivity index (χ0v) is 23.0. The molecule has 2 aromatic rings. The van der Waals surface area contributed by atoms with Gasteiger partial charge in [0.15, 0.2) is 0 Å². The molecule has 0 heterocycles. The van der Waals surface area contributed by atoms with Gasteiger partial charge in [-0.1, -0.05) is 73.8 Å². The van der Waals surface area contributed by atoms with Gasteiger partial charge in [0.2, 0.25) is 0 Å². The van der Waals surface area contributed by atoms with Gasteiger partial charge in [-0.25, -0.2) is 0 Å². The summed E-state index contributed by atoms with van der Waals surface area (Å²) in [4.78, 5) is 49.6. The van der Waals surface area contributed by atoms with Crippen LogP contribution in [0.2, 0.25) is 0 Å². The smallest absolute Gasteiger partial charge is 0.321 e. The second kappa shape index (κ2) is 16.2. The van der Waals surface area contributed by atoms with Crippen LogP contribution in [0.4, 0.5) is 0 Å². The monoisotopic (exact) mass is 584 g/mol. The molecule has 0 saturated heterocycles. The van der Waals surface area contributed by atoms with Crippen LogP contribution in [0.15, 0.2) is 61.7 Å². The van der Waals surface area contributed by atoms with Crippen molar-refractivity contribution in [1.29, 1.82) is 0 Å². The molecule has 42 heavy (non-hydrogen) atoms. The summed E-state index contributed by atoms with van der Waals surface area (Å²) in [5, 5.41) is 60.2. The molecule has 0 radical (unpaired) electrons. The van der Waals surface area contributed by atoms with Crippen LogP contribution in [0.3, 0.4) is 0 Å². The molecule has 0 amide bonds. The van der Waals surface area contributed by atoms with E-state index in [1.807, 2.05) is 0 Å². The third-order valence-electron chi connectivity index (χ3n) is 6.79. The van der Waals surface area contributed by atoms with Gasteiger partial charge in [0.1, 0.15) is 12.1 Å². The molecule has 0 aromatic heterocycles. The summed E-state index contributed by atoms with van der Waals surface area (Å²) in [5.41, 5.74) is 2.41. The van der Waals surface area contributed by atoms with Gasteiger partial charge in [-0.2, -0.15) is 0 Å². The summed E-state index contributed by atoms with van der Waals surface area (Å²) in [6, 6.07) is 10.0. The number of carboxylic acids is 4. The summed E-state index contributed by atoms with van der Waals surface area (Å²) in [6.07, 6.45) is -0.904. The zero-order valence-electron chi connectivity index (χ0n) is 23.0. The quantitative estimate of drug-likeness (QED) is 0.141. The lowest BCUT2D eigenvalue weighted by Crippen LogP contribution is -2.51. The Bertz CT molecular complexity index is 1150. The van der Waals surface area contributed by atoms with Crippen LogP contribution >= 0.6 is 0 Å². The lowest BCUT2D eigenvalue weighted by molar-refractivity contribution is -0.152. The topological polar surface area (TPSA) is 196 Å². The molecular weight excluding hydrogens is 548 g/mol.